The van der Waals surface area contributed by atoms with E-state index < -0.39 is 11.8 Å². The SMILES string of the molecule is Cc1nc(-c2ccccc2)sc1CCNC(=O)C(=O)NC(C)c1ccccc1. The molecule has 0 bridgehead atoms. The fourth-order valence-electron chi connectivity index (χ4n) is 2.82. The van der Waals surface area contributed by atoms with Crippen LogP contribution in [0.15, 0.2) is 60.7 Å². The molecule has 0 saturated carbocycles. The number of aromatic nitrogens is 1. The number of benzene rings is 2. The minimum atomic E-state index is -0.623. The van der Waals surface area contributed by atoms with Crippen LogP contribution in [0.1, 0.15) is 29.1 Å². The quantitative estimate of drug-likeness (QED) is 0.628. The largest absolute Gasteiger partial charge is 0.347 e. The Morgan fingerprint density at radius 3 is 2.32 bits per heavy atom. The summed E-state index contributed by atoms with van der Waals surface area (Å²) in [6.45, 7) is 4.21. The minimum Gasteiger partial charge on any atom is -0.347 e. The van der Waals surface area contributed by atoms with Crippen molar-refractivity contribution in [3.63, 3.8) is 0 Å². The van der Waals surface area contributed by atoms with Crippen LogP contribution in [0, 0.1) is 6.92 Å². The number of hydrogen-bond donors (Lipinski definition) is 2. The van der Waals surface area contributed by atoms with E-state index in [1.165, 1.54) is 0 Å². The van der Waals surface area contributed by atoms with E-state index in [-0.39, 0.29) is 6.04 Å². The Hall–Kier alpha value is -2.99. The van der Waals surface area contributed by atoms with Gasteiger partial charge in [0.15, 0.2) is 0 Å². The molecule has 1 aromatic heterocycles. The number of amides is 2. The maximum absolute atomic E-state index is 12.1. The minimum absolute atomic E-state index is 0.225. The number of nitrogens with zero attached hydrogens (tertiary/aromatic N) is 1. The molecule has 0 aliphatic rings. The van der Waals surface area contributed by atoms with Crippen molar-refractivity contribution in [2.24, 2.45) is 0 Å². The molecular weight excluding hydrogens is 370 g/mol. The van der Waals surface area contributed by atoms with Gasteiger partial charge in [0, 0.05) is 23.4 Å². The van der Waals surface area contributed by atoms with Crippen molar-refractivity contribution >= 4 is 23.2 Å². The third kappa shape index (κ3) is 5.04. The maximum atomic E-state index is 12.1. The van der Waals surface area contributed by atoms with Crippen molar-refractivity contribution in [1.82, 2.24) is 15.6 Å². The molecule has 0 aliphatic carbocycles. The molecular formula is C22H23N3O2S. The Morgan fingerprint density at radius 1 is 1.00 bits per heavy atom. The summed E-state index contributed by atoms with van der Waals surface area (Å²) in [5, 5.41) is 6.38. The second kappa shape index (κ2) is 9.28. The van der Waals surface area contributed by atoms with Gasteiger partial charge in [0.2, 0.25) is 0 Å². The molecule has 0 fully saturated rings. The number of thiazole rings is 1. The summed E-state index contributed by atoms with van der Waals surface area (Å²) < 4.78 is 0. The smallest absolute Gasteiger partial charge is 0.309 e. The van der Waals surface area contributed by atoms with Gasteiger partial charge in [-0.1, -0.05) is 60.7 Å². The van der Waals surface area contributed by atoms with Gasteiger partial charge in [0.05, 0.1) is 11.7 Å². The second-order valence-electron chi connectivity index (χ2n) is 6.51. The molecule has 0 aliphatic heterocycles. The van der Waals surface area contributed by atoms with E-state index in [0.717, 1.165) is 26.7 Å². The van der Waals surface area contributed by atoms with E-state index in [4.69, 9.17) is 0 Å². The number of aryl methyl sites for hydroxylation is 1. The van der Waals surface area contributed by atoms with E-state index in [1.807, 2.05) is 74.5 Å². The first-order valence-corrected chi connectivity index (χ1v) is 10.0. The zero-order chi connectivity index (χ0) is 19.9. The van der Waals surface area contributed by atoms with Crippen LogP contribution in [0.4, 0.5) is 0 Å². The Morgan fingerprint density at radius 2 is 1.64 bits per heavy atom. The zero-order valence-corrected chi connectivity index (χ0v) is 16.8. The molecule has 1 heterocycles. The first-order valence-electron chi connectivity index (χ1n) is 9.20. The fraction of sp³-hybridized carbons (Fsp3) is 0.227. The van der Waals surface area contributed by atoms with E-state index in [1.54, 1.807) is 11.3 Å². The van der Waals surface area contributed by atoms with Crippen LogP contribution in [-0.4, -0.2) is 23.3 Å². The number of rotatable bonds is 6. The van der Waals surface area contributed by atoms with Crippen LogP contribution < -0.4 is 10.6 Å². The summed E-state index contributed by atoms with van der Waals surface area (Å²) in [4.78, 5) is 29.9. The highest BCUT2D eigenvalue weighted by Gasteiger charge is 2.17. The van der Waals surface area contributed by atoms with E-state index in [2.05, 4.69) is 15.6 Å². The van der Waals surface area contributed by atoms with Crippen molar-refractivity contribution in [2.45, 2.75) is 26.3 Å². The third-order valence-electron chi connectivity index (χ3n) is 4.40. The van der Waals surface area contributed by atoms with Crippen molar-refractivity contribution in [3.05, 3.63) is 76.8 Å². The lowest BCUT2D eigenvalue weighted by Crippen LogP contribution is -2.41. The molecule has 144 valence electrons. The van der Waals surface area contributed by atoms with Crippen molar-refractivity contribution < 1.29 is 9.59 Å². The van der Waals surface area contributed by atoms with Gasteiger partial charge in [-0.3, -0.25) is 9.59 Å². The number of carbonyl (C=O) groups is 2. The Bertz CT molecular complexity index is 939. The van der Waals surface area contributed by atoms with Gasteiger partial charge in [-0.15, -0.1) is 11.3 Å². The fourth-order valence-corrected chi connectivity index (χ4v) is 3.89. The molecule has 2 amide bonds. The molecule has 2 N–H and O–H groups in total. The second-order valence-corrected chi connectivity index (χ2v) is 7.59. The maximum Gasteiger partial charge on any atom is 0.309 e. The first kappa shape index (κ1) is 19.8. The van der Waals surface area contributed by atoms with Crippen LogP contribution in [0.25, 0.3) is 10.6 Å². The summed E-state index contributed by atoms with van der Waals surface area (Å²) in [6, 6.07) is 19.3. The van der Waals surface area contributed by atoms with Crippen LogP contribution in [0.5, 0.6) is 0 Å². The zero-order valence-electron chi connectivity index (χ0n) is 15.9. The van der Waals surface area contributed by atoms with E-state index >= 15 is 0 Å². The summed E-state index contributed by atoms with van der Waals surface area (Å²) in [5.41, 5.74) is 3.00. The van der Waals surface area contributed by atoms with Gasteiger partial charge in [0.1, 0.15) is 5.01 Å². The standard InChI is InChI=1S/C22H23N3O2S/c1-15(17-9-5-3-6-10-17)24-21(27)20(26)23-14-13-19-16(2)25-22(28-19)18-11-7-4-8-12-18/h3-12,15H,13-14H2,1-2H3,(H,23,26)(H,24,27). The van der Waals surface area contributed by atoms with Gasteiger partial charge in [-0.05, 0) is 19.4 Å². The lowest BCUT2D eigenvalue weighted by atomic mass is 10.1. The van der Waals surface area contributed by atoms with E-state index in [9.17, 15) is 9.59 Å². The van der Waals surface area contributed by atoms with Gasteiger partial charge < -0.3 is 10.6 Å². The summed E-state index contributed by atoms with van der Waals surface area (Å²) >= 11 is 1.62. The molecule has 1 unspecified atom stereocenters. The highest BCUT2D eigenvalue weighted by Crippen LogP contribution is 2.27. The van der Waals surface area contributed by atoms with Gasteiger partial charge >= 0.3 is 11.8 Å². The molecule has 1 atom stereocenters. The average molecular weight is 394 g/mol. The lowest BCUT2D eigenvalue weighted by Gasteiger charge is -2.13. The van der Waals surface area contributed by atoms with Crippen LogP contribution in [0.2, 0.25) is 0 Å². The van der Waals surface area contributed by atoms with Crippen molar-refractivity contribution in [2.75, 3.05) is 6.54 Å². The monoisotopic (exact) mass is 393 g/mol. The molecule has 3 rings (SSSR count). The molecule has 2 aromatic carbocycles. The third-order valence-corrected chi connectivity index (χ3v) is 5.67. The van der Waals surface area contributed by atoms with Crippen molar-refractivity contribution in [1.29, 1.82) is 0 Å². The average Bonchev–Trinajstić information content (AvgIpc) is 3.09. The Balaban J connectivity index is 1.50. The molecule has 3 aromatic rings. The highest BCUT2D eigenvalue weighted by molar-refractivity contribution is 7.15. The van der Waals surface area contributed by atoms with Crippen LogP contribution >= 0.6 is 11.3 Å². The summed E-state index contributed by atoms with van der Waals surface area (Å²) in [6.07, 6.45) is 0.642. The van der Waals surface area contributed by atoms with Gasteiger partial charge in [-0.2, -0.15) is 0 Å². The highest BCUT2D eigenvalue weighted by atomic mass is 32.1. The summed E-state index contributed by atoms with van der Waals surface area (Å²) in [7, 11) is 0. The molecule has 0 spiro atoms. The van der Waals surface area contributed by atoms with Crippen molar-refractivity contribution in [3.8, 4) is 10.6 Å². The topological polar surface area (TPSA) is 71.1 Å². The predicted octanol–water partition coefficient (Wildman–Crippen LogP) is 3.65. The lowest BCUT2D eigenvalue weighted by molar-refractivity contribution is -0.139. The number of carbonyl (C=O) groups excluding carboxylic acids is 2. The molecule has 0 saturated heterocycles. The normalized spacial score (nSPS) is 11.6. The predicted molar refractivity (Wildman–Crippen MR) is 112 cm³/mol. The Labute approximate surface area is 168 Å². The van der Waals surface area contributed by atoms with Gasteiger partial charge in [-0.25, -0.2) is 4.98 Å². The number of hydrogen-bond acceptors (Lipinski definition) is 4. The molecule has 6 heteroatoms. The molecule has 0 radical (unpaired) electrons. The van der Waals surface area contributed by atoms with E-state index in [0.29, 0.717) is 13.0 Å². The molecule has 5 nitrogen and oxygen atoms in total. The molecule has 28 heavy (non-hydrogen) atoms. The van der Waals surface area contributed by atoms with Crippen LogP contribution in [-0.2, 0) is 16.0 Å². The van der Waals surface area contributed by atoms with Crippen LogP contribution in [0.3, 0.4) is 0 Å². The van der Waals surface area contributed by atoms with Gasteiger partial charge in [0.25, 0.3) is 0 Å². The Kier molecular flexibility index (Phi) is 6.55. The summed E-state index contributed by atoms with van der Waals surface area (Å²) in [5.74, 6) is -1.24. The number of nitrogens with one attached hydrogen (secondary N) is 2. The first-order chi connectivity index (χ1) is 13.5.